The van der Waals surface area contributed by atoms with Crippen molar-refractivity contribution >= 4 is 17.3 Å². The second-order valence-corrected chi connectivity index (χ2v) is 3.12. The van der Waals surface area contributed by atoms with Crippen LogP contribution >= 0.6 is 11.6 Å². The third-order valence-electron chi connectivity index (χ3n) is 1.72. The maximum atomic E-state index is 13.2. The summed E-state index contributed by atoms with van der Waals surface area (Å²) >= 11 is 5.38. The second kappa shape index (κ2) is 6.07. The van der Waals surface area contributed by atoms with E-state index in [2.05, 4.69) is 0 Å². The lowest BCUT2D eigenvalue weighted by Gasteiger charge is -2.03. The summed E-state index contributed by atoms with van der Waals surface area (Å²) in [5.74, 6) is -0.426. The van der Waals surface area contributed by atoms with Crippen molar-refractivity contribution in [3.05, 3.63) is 46.3 Å². The standard InChI is InChI=1S/C10H9ClFNO3/c11-5-1-2-6-16-10-4-3-8(13(14)15)7-9(10)12/h1-4,7H,5-6H2. The van der Waals surface area contributed by atoms with Crippen LogP contribution in [0.3, 0.4) is 0 Å². The summed E-state index contributed by atoms with van der Waals surface area (Å²) in [6.45, 7) is 0.168. The zero-order valence-corrected chi connectivity index (χ0v) is 8.98. The van der Waals surface area contributed by atoms with Crippen LogP contribution in [0.4, 0.5) is 10.1 Å². The normalized spacial score (nSPS) is 10.6. The highest BCUT2D eigenvalue weighted by Crippen LogP contribution is 2.22. The van der Waals surface area contributed by atoms with Crippen LogP contribution in [0.5, 0.6) is 5.75 Å². The van der Waals surface area contributed by atoms with Gasteiger partial charge in [-0.05, 0) is 6.07 Å². The van der Waals surface area contributed by atoms with Gasteiger partial charge in [0.2, 0.25) is 0 Å². The lowest BCUT2D eigenvalue weighted by Crippen LogP contribution is -1.97. The van der Waals surface area contributed by atoms with Gasteiger partial charge in [-0.15, -0.1) is 11.6 Å². The van der Waals surface area contributed by atoms with Gasteiger partial charge >= 0.3 is 0 Å². The van der Waals surface area contributed by atoms with Crippen LogP contribution < -0.4 is 4.74 Å². The highest BCUT2D eigenvalue weighted by Gasteiger charge is 2.10. The van der Waals surface area contributed by atoms with E-state index in [0.717, 1.165) is 6.07 Å². The minimum Gasteiger partial charge on any atom is -0.486 e. The number of alkyl halides is 1. The summed E-state index contributed by atoms with van der Waals surface area (Å²) in [6.07, 6.45) is 3.29. The molecule has 0 saturated heterocycles. The number of allylic oxidation sites excluding steroid dienone is 1. The Kier molecular flexibility index (Phi) is 4.72. The molecule has 4 nitrogen and oxygen atoms in total. The first-order valence-corrected chi connectivity index (χ1v) is 4.96. The van der Waals surface area contributed by atoms with Crippen LogP contribution in [0.15, 0.2) is 30.4 Å². The number of nitro groups is 1. The number of rotatable bonds is 5. The van der Waals surface area contributed by atoms with E-state index in [1.54, 1.807) is 12.2 Å². The fraction of sp³-hybridized carbons (Fsp3) is 0.200. The van der Waals surface area contributed by atoms with Crippen molar-refractivity contribution < 1.29 is 14.1 Å². The molecule has 86 valence electrons. The Labute approximate surface area is 96.4 Å². The Morgan fingerprint density at radius 3 is 2.81 bits per heavy atom. The van der Waals surface area contributed by atoms with Gasteiger partial charge in [0.05, 0.1) is 11.0 Å². The molecule has 1 aromatic rings. The predicted molar refractivity (Wildman–Crippen MR) is 58.4 cm³/mol. The molecule has 0 radical (unpaired) electrons. The zero-order chi connectivity index (χ0) is 12.0. The summed E-state index contributed by atoms with van der Waals surface area (Å²) in [5.41, 5.74) is -0.304. The lowest BCUT2D eigenvalue weighted by atomic mass is 10.3. The van der Waals surface area contributed by atoms with Crippen LogP contribution in [0.2, 0.25) is 0 Å². The Hall–Kier alpha value is -1.62. The highest BCUT2D eigenvalue weighted by atomic mass is 35.5. The van der Waals surface area contributed by atoms with E-state index < -0.39 is 10.7 Å². The molecule has 0 atom stereocenters. The van der Waals surface area contributed by atoms with E-state index in [-0.39, 0.29) is 18.0 Å². The Morgan fingerprint density at radius 2 is 2.25 bits per heavy atom. The Morgan fingerprint density at radius 1 is 1.50 bits per heavy atom. The molecule has 1 rings (SSSR count). The topological polar surface area (TPSA) is 52.4 Å². The lowest BCUT2D eigenvalue weighted by molar-refractivity contribution is -0.385. The SMILES string of the molecule is O=[N+]([O-])c1ccc(OCC=CCCl)c(F)c1. The van der Waals surface area contributed by atoms with Crippen molar-refractivity contribution in [3.63, 3.8) is 0 Å². The first-order chi connectivity index (χ1) is 7.65. The minimum absolute atomic E-state index is 0.0233. The van der Waals surface area contributed by atoms with Gasteiger partial charge in [-0.1, -0.05) is 12.2 Å². The number of nitro benzene ring substituents is 1. The molecule has 0 aliphatic rings. The number of ether oxygens (including phenoxy) is 1. The smallest absolute Gasteiger partial charge is 0.272 e. The highest BCUT2D eigenvalue weighted by molar-refractivity contribution is 6.18. The molecule has 0 aromatic heterocycles. The van der Waals surface area contributed by atoms with Gasteiger partial charge in [-0.3, -0.25) is 10.1 Å². The summed E-state index contributed by atoms with van der Waals surface area (Å²) in [7, 11) is 0. The van der Waals surface area contributed by atoms with E-state index in [4.69, 9.17) is 16.3 Å². The molecule has 0 fully saturated rings. The number of benzene rings is 1. The third-order valence-corrected chi connectivity index (χ3v) is 1.90. The molecule has 6 heteroatoms. The first-order valence-electron chi connectivity index (χ1n) is 4.43. The third kappa shape index (κ3) is 3.51. The maximum absolute atomic E-state index is 13.2. The number of hydrogen-bond donors (Lipinski definition) is 0. The van der Waals surface area contributed by atoms with Gasteiger partial charge in [-0.25, -0.2) is 4.39 Å². The van der Waals surface area contributed by atoms with Gasteiger partial charge in [0.1, 0.15) is 6.61 Å². The summed E-state index contributed by atoms with van der Waals surface area (Å²) in [5, 5.41) is 10.3. The van der Waals surface area contributed by atoms with Crippen LogP contribution in [0.1, 0.15) is 0 Å². The van der Waals surface area contributed by atoms with Crippen LogP contribution in [-0.2, 0) is 0 Å². The molecule has 1 aromatic carbocycles. The predicted octanol–water partition coefficient (Wildman–Crippen LogP) is 2.91. The molecule has 0 spiro atoms. The summed E-state index contributed by atoms with van der Waals surface area (Å²) in [4.78, 5) is 9.67. The van der Waals surface area contributed by atoms with Crippen LogP contribution in [0, 0.1) is 15.9 Å². The number of hydrogen-bond acceptors (Lipinski definition) is 3. The number of non-ortho nitro benzene ring substituents is 1. The Bertz CT molecular complexity index is 409. The summed E-state index contributed by atoms with van der Waals surface area (Å²) < 4.78 is 18.3. The van der Waals surface area contributed by atoms with E-state index >= 15 is 0 Å². The molecule has 0 unspecified atom stereocenters. The molecule has 0 saturated carbocycles. The van der Waals surface area contributed by atoms with Gasteiger partial charge in [0, 0.05) is 11.9 Å². The summed E-state index contributed by atoms with van der Waals surface area (Å²) in [6, 6.07) is 3.23. The van der Waals surface area contributed by atoms with Gasteiger partial charge in [0.25, 0.3) is 5.69 Å². The van der Waals surface area contributed by atoms with Crippen molar-refractivity contribution in [1.29, 1.82) is 0 Å². The van der Waals surface area contributed by atoms with Crippen molar-refractivity contribution in [2.75, 3.05) is 12.5 Å². The number of nitrogens with zero attached hydrogens (tertiary/aromatic N) is 1. The second-order valence-electron chi connectivity index (χ2n) is 2.81. The van der Waals surface area contributed by atoms with E-state index in [1.807, 2.05) is 0 Å². The van der Waals surface area contributed by atoms with Crippen LogP contribution in [-0.4, -0.2) is 17.4 Å². The monoisotopic (exact) mass is 245 g/mol. The molecule has 0 aliphatic carbocycles. The molecule has 0 aliphatic heterocycles. The number of halogens is 2. The molecule has 0 heterocycles. The van der Waals surface area contributed by atoms with Crippen LogP contribution in [0.25, 0.3) is 0 Å². The molecule has 16 heavy (non-hydrogen) atoms. The van der Waals surface area contributed by atoms with E-state index in [9.17, 15) is 14.5 Å². The zero-order valence-electron chi connectivity index (χ0n) is 8.23. The average Bonchev–Trinajstić information content (AvgIpc) is 2.26. The van der Waals surface area contributed by atoms with Gasteiger partial charge in [-0.2, -0.15) is 0 Å². The fourth-order valence-corrected chi connectivity index (χ4v) is 1.12. The molecule has 0 amide bonds. The van der Waals surface area contributed by atoms with Gasteiger partial charge < -0.3 is 4.74 Å². The Balaban J connectivity index is 2.68. The molecular weight excluding hydrogens is 237 g/mol. The molecule has 0 bridgehead atoms. The van der Waals surface area contributed by atoms with Crippen molar-refractivity contribution in [2.45, 2.75) is 0 Å². The average molecular weight is 246 g/mol. The van der Waals surface area contributed by atoms with Crippen molar-refractivity contribution in [1.82, 2.24) is 0 Å². The first kappa shape index (κ1) is 12.4. The van der Waals surface area contributed by atoms with Crippen molar-refractivity contribution in [3.8, 4) is 5.75 Å². The van der Waals surface area contributed by atoms with Gasteiger partial charge in [0.15, 0.2) is 11.6 Å². The largest absolute Gasteiger partial charge is 0.486 e. The molecule has 0 N–H and O–H groups in total. The van der Waals surface area contributed by atoms with Crippen molar-refractivity contribution in [2.24, 2.45) is 0 Å². The van der Waals surface area contributed by atoms with E-state index in [0.29, 0.717) is 5.88 Å². The maximum Gasteiger partial charge on any atom is 0.272 e. The van der Waals surface area contributed by atoms with E-state index in [1.165, 1.54) is 12.1 Å². The quantitative estimate of drug-likeness (QED) is 0.347. The minimum atomic E-state index is -0.756. The molecular formula is C10H9ClFNO3. The fourth-order valence-electron chi connectivity index (χ4n) is 0.989.